The molecule has 2 atom stereocenters. The molecule has 0 aliphatic rings. The molecule has 0 bridgehead atoms. The minimum atomic E-state index is -0.723. The van der Waals surface area contributed by atoms with E-state index in [0.29, 0.717) is 13.2 Å². The second kappa shape index (κ2) is 16.4. The van der Waals surface area contributed by atoms with Crippen LogP contribution in [0.1, 0.15) is 28.7 Å². The number of aliphatic hydroxyl groups excluding tert-OH is 1. The maximum absolute atomic E-state index is 11.2. The quantitative estimate of drug-likeness (QED) is 0.146. The fourth-order valence-electron chi connectivity index (χ4n) is 3.99. The highest BCUT2D eigenvalue weighted by molar-refractivity contribution is 8.16. The Hall–Kier alpha value is -2.54. The fourth-order valence-corrected chi connectivity index (χ4v) is 6.58. The number of ether oxygens (including phenoxy) is 2. The standard InChI is InChI=1S/C33H36O3S2/c34-31(24-35-22-27-13-5-1-6-14-27)32(36-23-28-15-7-2-8-16-28)21-33(37-25-29-17-9-3-10-18-29)38-26-30-19-11-4-12-20-30/h1-20,31-34H,21-26H2/t31-,32+/m1/s1. The van der Waals surface area contributed by atoms with Gasteiger partial charge in [-0.1, -0.05) is 121 Å². The zero-order valence-corrected chi connectivity index (χ0v) is 23.2. The van der Waals surface area contributed by atoms with Crippen LogP contribution < -0.4 is 0 Å². The van der Waals surface area contributed by atoms with Gasteiger partial charge in [0.15, 0.2) is 0 Å². The summed E-state index contributed by atoms with van der Waals surface area (Å²) in [6, 6.07) is 41.3. The minimum absolute atomic E-state index is 0.230. The molecule has 4 aromatic carbocycles. The molecule has 3 nitrogen and oxygen atoms in total. The first kappa shape index (κ1) is 28.5. The van der Waals surface area contributed by atoms with Crippen molar-refractivity contribution in [1.29, 1.82) is 0 Å². The SMILES string of the molecule is O[C@H](COCc1ccccc1)[C@H](CC(SCc1ccccc1)SCc1ccccc1)OCc1ccccc1. The number of benzene rings is 4. The van der Waals surface area contributed by atoms with E-state index in [2.05, 4.69) is 72.8 Å². The molecule has 0 unspecified atom stereocenters. The zero-order chi connectivity index (χ0) is 26.3. The van der Waals surface area contributed by atoms with E-state index in [9.17, 15) is 5.11 Å². The van der Waals surface area contributed by atoms with E-state index in [4.69, 9.17) is 9.47 Å². The first-order valence-electron chi connectivity index (χ1n) is 13.0. The monoisotopic (exact) mass is 544 g/mol. The average Bonchev–Trinajstić information content (AvgIpc) is 2.98. The van der Waals surface area contributed by atoms with Gasteiger partial charge in [0, 0.05) is 11.5 Å². The van der Waals surface area contributed by atoms with Crippen LogP contribution in [0.5, 0.6) is 0 Å². The van der Waals surface area contributed by atoms with Gasteiger partial charge in [-0.25, -0.2) is 0 Å². The van der Waals surface area contributed by atoms with Gasteiger partial charge in [0.2, 0.25) is 0 Å². The summed E-state index contributed by atoms with van der Waals surface area (Å²) >= 11 is 3.83. The number of aliphatic hydroxyl groups is 1. The summed E-state index contributed by atoms with van der Waals surface area (Å²) in [6.45, 7) is 1.16. The van der Waals surface area contributed by atoms with Gasteiger partial charge in [-0.2, -0.15) is 0 Å². The van der Waals surface area contributed by atoms with Crippen molar-refractivity contribution in [2.24, 2.45) is 0 Å². The Balaban J connectivity index is 1.41. The average molecular weight is 545 g/mol. The van der Waals surface area contributed by atoms with Gasteiger partial charge >= 0.3 is 0 Å². The largest absolute Gasteiger partial charge is 0.388 e. The summed E-state index contributed by atoms with van der Waals surface area (Å²) in [5.41, 5.74) is 4.80. The lowest BCUT2D eigenvalue weighted by Gasteiger charge is -2.27. The smallest absolute Gasteiger partial charge is 0.104 e. The summed E-state index contributed by atoms with van der Waals surface area (Å²) in [4.78, 5) is 0. The molecule has 0 fully saturated rings. The maximum atomic E-state index is 11.2. The Morgan fingerprint density at radius 1 is 0.553 bits per heavy atom. The second-order valence-electron chi connectivity index (χ2n) is 9.16. The molecule has 0 spiro atoms. The van der Waals surface area contributed by atoms with Crippen LogP contribution >= 0.6 is 23.5 Å². The van der Waals surface area contributed by atoms with Crippen molar-refractivity contribution in [2.75, 3.05) is 6.61 Å². The Labute approximate surface area is 235 Å². The number of thioether (sulfide) groups is 2. The van der Waals surface area contributed by atoms with Crippen molar-refractivity contribution in [3.05, 3.63) is 144 Å². The Morgan fingerprint density at radius 2 is 0.974 bits per heavy atom. The second-order valence-corrected chi connectivity index (χ2v) is 11.8. The number of hydrogen-bond donors (Lipinski definition) is 1. The molecule has 4 aromatic rings. The van der Waals surface area contributed by atoms with Gasteiger partial charge in [0.05, 0.1) is 30.5 Å². The summed E-state index contributed by atoms with van der Waals surface area (Å²) in [5.74, 6) is 1.83. The van der Waals surface area contributed by atoms with E-state index in [1.807, 2.05) is 72.1 Å². The maximum Gasteiger partial charge on any atom is 0.104 e. The van der Waals surface area contributed by atoms with E-state index in [0.717, 1.165) is 29.1 Å². The predicted octanol–water partition coefficient (Wildman–Crippen LogP) is 7.73. The van der Waals surface area contributed by atoms with Crippen molar-refractivity contribution in [2.45, 2.75) is 47.9 Å². The van der Waals surface area contributed by atoms with Crippen LogP contribution in [0.2, 0.25) is 0 Å². The molecular formula is C33H36O3S2. The highest BCUT2D eigenvalue weighted by atomic mass is 32.2. The van der Waals surface area contributed by atoms with Gasteiger partial charge in [0.1, 0.15) is 6.10 Å². The van der Waals surface area contributed by atoms with Gasteiger partial charge in [-0.3, -0.25) is 0 Å². The lowest BCUT2D eigenvalue weighted by Crippen LogP contribution is -2.35. The molecule has 1 N–H and O–H groups in total. The third-order valence-electron chi connectivity index (χ3n) is 6.12. The predicted molar refractivity (Wildman–Crippen MR) is 161 cm³/mol. The molecule has 0 saturated heterocycles. The van der Waals surface area contributed by atoms with Gasteiger partial charge < -0.3 is 14.6 Å². The summed E-state index contributed by atoms with van der Waals surface area (Å²) in [5, 5.41) is 11.2. The van der Waals surface area contributed by atoms with Crippen molar-refractivity contribution < 1.29 is 14.6 Å². The summed E-state index contributed by atoms with van der Waals surface area (Å²) < 4.78 is 12.5. The number of hydrogen-bond acceptors (Lipinski definition) is 5. The minimum Gasteiger partial charge on any atom is -0.388 e. The highest BCUT2D eigenvalue weighted by Crippen LogP contribution is 2.34. The number of rotatable bonds is 16. The van der Waals surface area contributed by atoms with E-state index in [-0.39, 0.29) is 17.3 Å². The van der Waals surface area contributed by atoms with Crippen LogP contribution in [-0.2, 0) is 34.2 Å². The lowest BCUT2D eigenvalue weighted by atomic mass is 10.1. The van der Waals surface area contributed by atoms with Crippen molar-refractivity contribution >= 4 is 23.5 Å². The van der Waals surface area contributed by atoms with Gasteiger partial charge in [-0.15, -0.1) is 23.5 Å². The lowest BCUT2D eigenvalue weighted by molar-refractivity contribution is -0.0819. The van der Waals surface area contributed by atoms with Crippen LogP contribution in [0, 0.1) is 0 Å². The van der Waals surface area contributed by atoms with Gasteiger partial charge in [-0.05, 0) is 28.7 Å². The topological polar surface area (TPSA) is 38.7 Å². The molecule has 38 heavy (non-hydrogen) atoms. The summed E-state index contributed by atoms with van der Waals surface area (Å²) in [7, 11) is 0. The van der Waals surface area contributed by atoms with E-state index < -0.39 is 6.10 Å². The molecule has 5 heteroatoms. The van der Waals surface area contributed by atoms with E-state index in [1.165, 1.54) is 11.1 Å². The highest BCUT2D eigenvalue weighted by Gasteiger charge is 2.25. The van der Waals surface area contributed by atoms with Crippen LogP contribution in [-0.4, -0.2) is 28.5 Å². The van der Waals surface area contributed by atoms with E-state index in [1.54, 1.807) is 0 Å². The van der Waals surface area contributed by atoms with Crippen LogP contribution in [0.3, 0.4) is 0 Å². The van der Waals surface area contributed by atoms with Crippen LogP contribution in [0.15, 0.2) is 121 Å². The molecule has 4 rings (SSSR count). The first-order valence-corrected chi connectivity index (χ1v) is 15.1. The fraction of sp³-hybridized carbons (Fsp3) is 0.273. The third kappa shape index (κ3) is 10.3. The zero-order valence-electron chi connectivity index (χ0n) is 21.6. The van der Waals surface area contributed by atoms with Crippen molar-refractivity contribution in [3.8, 4) is 0 Å². The molecule has 0 aliphatic carbocycles. The first-order chi connectivity index (χ1) is 18.8. The Bertz CT molecular complexity index is 1100. The van der Waals surface area contributed by atoms with Crippen molar-refractivity contribution in [1.82, 2.24) is 0 Å². The molecule has 0 heterocycles. The van der Waals surface area contributed by atoms with E-state index >= 15 is 0 Å². The van der Waals surface area contributed by atoms with Gasteiger partial charge in [0.25, 0.3) is 0 Å². The third-order valence-corrected chi connectivity index (χ3v) is 9.06. The Morgan fingerprint density at radius 3 is 1.45 bits per heavy atom. The normalized spacial score (nSPS) is 12.9. The van der Waals surface area contributed by atoms with Crippen molar-refractivity contribution in [3.63, 3.8) is 0 Å². The molecule has 0 amide bonds. The molecule has 0 aliphatic heterocycles. The molecule has 0 aromatic heterocycles. The molecule has 198 valence electrons. The Kier molecular flexibility index (Phi) is 12.3. The molecule has 0 saturated carbocycles. The molecular weight excluding hydrogens is 508 g/mol. The van der Waals surface area contributed by atoms with Crippen LogP contribution in [0.4, 0.5) is 0 Å². The van der Waals surface area contributed by atoms with Crippen LogP contribution in [0.25, 0.3) is 0 Å². The molecule has 0 radical (unpaired) electrons. The summed E-state index contributed by atoms with van der Waals surface area (Å²) in [6.07, 6.45) is -0.348.